The lowest BCUT2D eigenvalue weighted by molar-refractivity contribution is 0.354. The van der Waals surface area contributed by atoms with Crippen molar-refractivity contribution in [3.05, 3.63) is 51.9 Å². The van der Waals surface area contributed by atoms with Crippen LogP contribution in [0.4, 0.5) is 5.69 Å². The van der Waals surface area contributed by atoms with Crippen LogP contribution in [0.2, 0.25) is 0 Å². The van der Waals surface area contributed by atoms with Crippen molar-refractivity contribution in [1.29, 1.82) is 0 Å². The summed E-state index contributed by atoms with van der Waals surface area (Å²) >= 11 is 2.31. The van der Waals surface area contributed by atoms with E-state index in [0.717, 1.165) is 5.69 Å². The summed E-state index contributed by atoms with van der Waals surface area (Å²) in [5.74, 6) is 0. The minimum absolute atomic E-state index is 0.698. The van der Waals surface area contributed by atoms with Crippen molar-refractivity contribution in [3.63, 3.8) is 0 Å². The molecule has 0 bridgehead atoms. The summed E-state index contributed by atoms with van der Waals surface area (Å²) in [7, 11) is 0. The maximum Gasteiger partial charge on any atom is 0.0630 e. The zero-order valence-electron chi connectivity index (χ0n) is 11.5. The van der Waals surface area contributed by atoms with Crippen LogP contribution >= 0.6 is 22.6 Å². The van der Waals surface area contributed by atoms with E-state index in [2.05, 4.69) is 74.9 Å². The Morgan fingerprint density at radius 2 is 1.80 bits per heavy atom. The number of hydrogen-bond donors (Lipinski definition) is 0. The molecule has 0 unspecified atom stereocenters. The summed E-state index contributed by atoms with van der Waals surface area (Å²) in [5.41, 5.74) is 2.20. The van der Waals surface area contributed by atoms with Crippen molar-refractivity contribution in [2.75, 3.05) is 0 Å². The first-order chi connectivity index (χ1) is 9.81. The second kappa shape index (κ2) is 6.57. The fraction of sp³-hybridized carbons (Fsp3) is 0.353. The topological polar surface area (TPSA) is 17.3 Å². The standard InChI is InChI=1S/C17H19IN2/c18-15-6-8-16(9-7-15)19-12-14-10-11-20(13-14)17-4-2-1-3-5-17/h6-13,17H,1-5H2. The second-order valence-electron chi connectivity index (χ2n) is 5.42. The highest BCUT2D eigenvalue weighted by Crippen LogP contribution is 2.28. The molecule has 0 amide bonds. The van der Waals surface area contributed by atoms with Gasteiger partial charge in [0.2, 0.25) is 0 Å². The quantitative estimate of drug-likeness (QED) is 0.506. The first-order valence-corrected chi connectivity index (χ1v) is 8.36. The highest BCUT2D eigenvalue weighted by Gasteiger charge is 2.14. The van der Waals surface area contributed by atoms with Crippen LogP contribution < -0.4 is 0 Å². The van der Waals surface area contributed by atoms with Crippen molar-refractivity contribution in [1.82, 2.24) is 4.57 Å². The van der Waals surface area contributed by atoms with Gasteiger partial charge in [-0.25, -0.2) is 0 Å². The molecular weight excluding hydrogens is 359 g/mol. The van der Waals surface area contributed by atoms with E-state index >= 15 is 0 Å². The Kier molecular flexibility index (Phi) is 4.55. The van der Waals surface area contributed by atoms with Gasteiger partial charge in [0.05, 0.1) is 5.69 Å². The third-order valence-electron chi connectivity index (χ3n) is 3.92. The summed E-state index contributed by atoms with van der Waals surface area (Å²) in [6.07, 6.45) is 13.2. The molecule has 1 aromatic carbocycles. The van der Waals surface area contributed by atoms with E-state index in [0.29, 0.717) is 6.04 Å². The van der Waals surface area contributed by atoms with E-state index in [4.69, 9.17) is 0 Å². The largest absolute Gasteiger partial charge is 0.351 e. The van der Waals surface area contributed by atoms with Crippen molar-refractivity contribution >= 4 is 34.5 Å². The predicted molar refractivity (Wildman–Crippen MR) is 93.0 cm³/mol. The van der Waals surface area contributed by atoms with Gasteiger partial charge in [-0.1, -0.05) is 19.3 Å². The molecule has 1 fully saturated rings. The number of halogens is 1. The smallest absolute Gasteiger partial charge is 0.0630 e. The maximum absolute atomic E-state index is 4.53. The van der Waals surface area contributed by atoms with Gasteiger partial charge in [0.15, 0.2) is 0 Å². The number of benzene rings is 1. The number of hydrogen-bond acceptors (Lipinski definition) is 1. The molecular formula is C17H19IN2. The molecule has 2 aromatic rings. The van der Waals surface area contributed by atoms with E-state index in [-0.39, 0.29) is 0 Å². The monoisotopic (exact) mass is 378 g/mol. The summed E-state index contributed by atoms with van der Waals surface area (Å²) in [5, 5.41) is 0. The number of aliphatic imine (C=N–C) groups is 1. The molecule has 1 saturated carbocycles. The lowest BCUT2D eigenvalue weighted by atomic mass is 9.95. The molecule has 1 aliphatic carbocycles. The molecule has 1 aromatic heterocycles. The molecule has 0 spiro atoms. The van der Waals surface area contributed by atoms with Crippen LogP contribution in [0.15, 0.2) is 47.7 Å². The van der Waals surface area contributed by atoms with Crippen LogP contribution in [0, 0.1) is 3.57 Å². The third kappa shape index (κ3) is 3.51. The first-order valence-electron chi connectivity index (χ1n) is 7.28. The van der Waals surface area contributed by atoms with Crippen molar-refractivity contribution < 1.29 is 0 Å². The van der Waals surface area contributed by atoms with Crippen LogP contribution in [0.1, 0.15) is 43.7 Å². The summed E-state index contributed by atoms with van der Waals surface area (Å²) < 4.78 is 3.61. The van der Waals surface area contributed by atoms with Gasteiger partial charge in [-0.2, -0.15) is 0 Å². The minimum Gasteiger partial charge on any atom is -0.351 e. The Morgan fingerprint density at radius 3 is 2.55 bits per heavy atom. The summed E-state index contributed by atoms with van der Waals surface area (Å²) in [4.78, 5) is 4.53. The van der Waals surface area contributed by atoms with Gasteiger partial charge in [0.1, 0.15) is 0 Å². The van der Waals surface area contributed by atoms with Crippen LogP contribution in [0.3, 0.4) is 0 Å². The number of nitrogens with zero attached hydrogens (tertiary/aromatic N) is 2. The zero-order valence-corrected chi connectivity index (χ0v) is 13.7. The highest BCUT2D eigenvalue weighted by molar-refractivity contribution is 14.1. The molecule has 104 valence electrons. The molecule has 20 heavy (non-hydrogen) atoms. The van der Waals surface area contributed by atoms with Gasteiger partial charge in [-0.05, 0) is 65.8 Å². The lowest BCUT2D eigenvalue weighted by Crippen LogP contribution is -2.10. The normalized spacial score (nSPS) is 16.9. The number of aromatic nitrogens is 1. The summed E-state index contributed by atoms with van der Waals surface area (Å²) in [6, 6.07) is 11.1. The van der Waals surface area contributed by atoms with E-state index in [1.165, 1.54) is 41.2 Å². The van der Waals surface area contributed by atoms with E-state index in [1.807, 2.05) is 6.21 Å². The predicted octanol–water partition coefficient (Wildman–Crippen LogP) is 5.35. The van der Waals surface area contributed by atoms with Crippen molar-refractivity contribution in [2.45, 2.75) is 38.1 Å². The van der Waals surface area contributed by atoms with Crippen LogP contribution in [0.25, 0.3) is 0 Å². The van der Waals surface area contributed by atoms with Gasteiger partial charge in [0, 0.05) is 33.8 Å². The van der Waals surface area contributed by atoms with Crippen molar-refractivity contribution in [3.8, 4) is 0 Å². The molecule has 0 N–H and O–H groups in total. The van der Waals surface area contributed by atoms with Crippen molar-refractivity contribution in [2.24, 2.45) is 4.99 Å². The van der Waals surface area contributed by atoms with Gasteiger partial charge >= 0.3 is 0 Å². The molecule has 3 heteroatoms. The molecule has 1 aliphatic rings. The fourth-order valence-electron chi connectivity index (χ4n) is 2.79. The Balaban J connectivity index is 1.68. The average Bonchev–Trinajstić information content (AvgIpc) is 2.97. The molecule has 2 nitrogen and oxygen atoms in total. The van der Waals surface area contributed by atoms with Crippen LogP contribution in [0.5, 0.6) is 0 Å². The SMILES string of the molecule is Ic1ccc(N=Cc2ccn(C3CCCCC3)c2)cc1. The van der Waals surface area contributed by atoms with Gasteiger partial charge < -0.3 is 4.57 Å². The molecule has 0 radical (unpaired) electrons. The molecule has 0 aliphatic heterocycles. The maximum atomic E-state index is 4.53. The van der Waals surface area contributed by atoms with Crippen LogP contribution in [-0.4, -0.2) is 10.8 Å². The highest BCUT2D eigenvalue weighted by atomic mass is 127. The Hall–Kier alpha value is -1.10. The van der Waals surface area contributed by atoms with Gasteiger partial charge in [-0.15, -0.1) is 0 Å². The Morgan fingerprint density at radius 1 is 1.05 bits per heavy atom. The molecule has 3 rings (SSSR count). The van der Waals surface area contributed by atoms with Gasteiger partial charge in [0.25, 0.3) is 0 Å². The first kappa shape index (κ1) is 13.9. The third-order valence-corrected chi connectivity index (χ3v) is 4.64. The van der Waals surface area contributed by atoms with E-state index in [1.54, 1.807) is 0 Å². The molecule has 1 heterocycles. The average molecular weight is 378 g/mol. The molecule has 0 atom stereocenters. The Bertz CT molecular complexity index is 577. The van der Waals surface area contributed by atoms with E-state index in [9.17, 15) is 0 Å². The molecule has 0 saturated heterocycles. The second-order valence-corrected chi connectivity index (χ2v) is 6.66. The minimum atomic E-state index is 0.698. The number of rotatable bonds is 3. The van der Waals surface area contributed by atoms with Crippen LogP contribution in [-0.2, 0) is 0 Å². The summed E-state index contributed by atoms with van der Waals surface area (Å²) in [6.45, 7) is 0. The lowest BCUT2D eigenvalue weighted by Gasteiger charge is -2.23. The Labute approximate surface area is 134 Å². The fourth-order valence-corrected chi connectivity index (χ4v) is 3.15. The zero-order chi connectivity index (χ0) is 13.8. The van der Waals surface area contributed by atoms with E-state index < -0.39 is 0 Å². The van der Waals surface area contributed by atoms with Gasteiger partial charge in [-0.3, -0.25) is 4.99 Å².